The molecule has 0 radical (unpaired) electrons. The Balaban J connectivity index is 1.51. The van der Waals surface area contributed by atoms with E-state index in [9.17, 15) is 37.1 Å². The zero-order valence-corrected chi connectivity index (χ0v) is 19.0. The van der Waals surface area contributed by atoms with Crippen LogP contribution in [-0.4, -0.2) is 32.9 Å². The minimum atomic E-state index is -1.13. The topological polar surface area (TPSA) is 91.6 Å². The summed E-state index contributed by atoms with van der Waals surface area (Å²) in [5.41, 5.74) is -1.32. The van der Waals surface area contributed by atoms with Crippen molar-refractivity contribution in [1.82, 2.24) is 14.8 Å². The normalized spacial score (nSPS) is 16.3. The molecule has 0 spiro atoms. The second-order valence-corrected chi connectivity index (χ2v) is 8.95. The quantitative estimate of drug-likeness (QED) is 0.408. The number of rotatable bonds is 3. The van der Waals surface area contributed by atoms with Gasteiger partial charge in [-0.15, -0.1) is 0 Å². The van der Waals surface area contributed by atoms with Crippen molar-refractivity contribution in [3.05, 3.63) is 96.9 Å². The Morgan fingerprint density at radius 1 is 1.08 bits per heavy atom. The van der Waals surface area contributed by atoms with Crippen LogP contribution in [-0.2, 0) is 19.5 Å². The summed E-state index contributed by atoms with van der Waals surface area (Å²) in [5.74, 6) is -6.83. The van der Waals surface area contributed by atoms with Gasteiger partial charge in [0.05, 0.1) is 6.04 Å². The van der Waals surface area contributed by atoms with Crippen LogP contribution in [0.2, 0.25) is 5.02 Å². The molecule has 2 aliphatic heterocycles. The monoisotopic (exact) mass is 521 g/mol. The number of benzene rings is 2. The molecule has 2 aromatic carbocycles. The summed E-state index contributed by atoms with van der Waals surface area (Å²) in [7, 11) is 0. The fourth-order valence-corrected chi connectivity index (χ4v) is 4.74. The van der Waals surface area contributed by atoms with Crippen molar-refractivity contribution in [2.45, 2.75) is 25.6 Å². The largest absolute Gasteiger partial charge is 0.503 e. The maximum absolute atomic E-state index is 14.2. The first-order valence-electron chi connectivity index (χ1n) is 10.7. The number of hydrogen-bond donors (Lipinski definition) is 2. The molecule has 186 valence electrons. The average Bonchev–Trinajstić information content (AvgIpc) is 3.00. The lowest BCUT2D eigenvalue weighted by Gasteiger charge is -2.34. The molecular formula is C24H16ClF4N3O4. The van der Waals surface area contributed by atoms with Crippen LogP contribution in [0.25, 0.3) is 0 Å². The van der Waals surface area contributed by atoms with Gasteiger partial charge in [-0.1, -0.05) is 17.7 Å². The van der Waals surface area contributed by atoms with E-state index in [0.717, 1.165) is 30.5 Å². The van der Waals surface area contributed by atoms with Gasteiger partial charge in [0.25, 0.3) is 11.8 Å². The molecule has 2 aliphatic rings. The van der Waals surface area contributed by atoms with Gasteiger partial charge in [0, 0.05) is 31.4 Å². The third kappa shape index (κ3) is 3.79. The summed E-state index contributed by atoms with van der Waals surface area (Å²) < 4.78 is 56.5. The van der Waals surface area contributed by atoms with Crippen LogP contribution in [0.5, 0.6) is 5.75 Å². The number of amides is 2. The minimum absolute atomic E-state index is 0.0521. The Hall–Kier alpha value is -3.86. The highest BCUT2D eigenvalue weighted by Crippen LogP contribution is 2.34. The van der Waals surface area contributed by atoms with Crippen molar-refractivity contribution in [2.75, 3.05) is 6.54 Å². The summed E-state index contributed by atoms with van der Waals surface area (Å²) in [5, 5.41) is 12.2. The Bertz CT molecular complexity index is 1520. The molecule has 1 unspecified atom stereocenters. The van der Waals surface area contributed by atoms with Crippen LogP contribution in [0.15, 0.2) is 35.3 Å². The van der Waals surface area contributed by atoms with Crippen molar-refractivity contribution >= 4 is 23.4 Å². The number of pyridine rings is 1. The highest BCUT2D eigenvalue weighted by atomic mass is 35.5. The molecule has 3 aromatic rings. The summed E-state index contributed by atoms with van der Waals surface area (Å²) in [6, 6.07) is 3.44. The maximum Gasteiger partial charge on any atom is 0.274 e. The highest BCUT2D eigenvalue weighted by Gasteiger charge is 2.38. The van der Waals surface area contributed by atoms with Crippen LogP contribution in [0.1, 0.15) is 43.6 Å². The third-order valence-electron chi connectivity index (χ3n) is 6.38. The third-order valence-corrected chi connectivity index (χ3v) is 6.73. The summed E-state index contributed by atoms with van der Waals surface area (Å²) in [6.07, 6.45) is 1.23. The molecule has 36 heavy (non-hydrogen) atoms. The van der Waals surface area contributed by atoms with E-state index in [1.165, 1.54) is 9.47 Å². The first kappa shape index (κ1) is 23.9. The molecule has 7 nitrogen and oxygen atoms in total. The molecule has 2 amide bonds. The van der Waals surface area contributed by atoms with Crippen LogP contribution >= 0.6 is 11.6 Å². The summed E-state index contributed by atoms with van der Waals surface area (Å²) in [6.45, 7) is -0.392. The standard InChI is InChI=1S/C24H16ClF4N3O4/c25-18-15(26)2-1-10(19(18)29)6-30-23(35)14-9-32-13-3-11-4-16(27)17(28)5-12(11)7-31(8-13)24(36)20(32)22(34)21(14)33/h1-2,4-5,9,13,34H,3,6-8H2,(H,30,35). The predicted molar refractivity (Wildman–Crippen MR) is 119 cm³/mol. The summed E-state index contributed by atoms with van der Waals surface area (Å²) in [4.78, 5) is 39.9. The first-order chi connectivity index (χ1) is 17.1. The fraction of sp³-hybridized carbons (Fsp3) is 0.208. The van der Waals surface area contributed by atoms with Crippen molar-refractivity contribution in [3.63, 3.8) is 0 Å². The van der Waals surface area contributed by atoms with E-state index in [0.29, 0.717) is 11.1 Å². The van der Waals surface area contributed by atoms with E-state index < -0.39 is 69.4 Å². The molecule has 0 saturated heterocycles. The van der Waals surface area contributed by atoms with E-state index in [-0.39, 0.29) is 30.8 Å². The minimum Gasteiger partial charge on any atom is -0.503 e. The second kappa shape index (κ2) is 8.66. The van der Waals surface area contributed by atoms with Crippen LogP contribution < -0.4 is 10.7 Å². The average molecular weight is 522 g/mol. The Labute approximate surface area is 205 Å². The zero-order chi connectivity index (χ0) is 25.9. The number of aromatic nitrogens is 1. The lowest BCUT2D eigenvalue weighted by atomic mass is 10.0. The lowest BCUT2D eigenvalue weighted by molar-refractivity contribution is 0.0653. The van der Waals surface area contributed by atoms with E-state index >= 15 is 0 Å². The summed E-state index contributed by atoms with van der Waals surface area (Å²) >= 11 is 5.54. The second-order valence-electron chi connectivity index (χ2n) is 8.57. The molecule has 0 saturated carbocycles. The Morgan fingerprint density at radius 3 is 2.50 bits per heavy atom. The number of fused-ring (bicyclic) bond motifs is 5. The molecule has 3 heterocycles. The van der Waals surface area contributed by atoms with Crippen molar-refractivity contribution in [2.24, 2.45) is 0 Å². The van der Waals surface area contributed by atoms with E-state index in [2.05, 4.69) is 5.32 Å². The maximum atomic E-state index is 14.2. The van der Waals surface area contributed by atoms with Crippen LogP contribution in [0.4, 0.5) is 17.6 Å². The van der Waals surface area contributed by atoms with E-state index in [4.69, 9.17) is 11.6 Å². The smallest absolute Gasteiger partial charge is 0.274 e. The van der Waals surface area contributed by atoms with Gasteiger partial charge in [-0.05, 0) is 35.7 Å². The van der Waals surface area contributed by atoms with Gasteiger partial charge in [-0.25, -0.2) is 17.6 Å². The fourth-order valence-electron chi connectivity index (χ4n) is 4.55. The Kier molecular flexibility index (Phi) is 5.74. The van der Waals surface area contributed by atoms with Gasteiger partial charge in [-0.3, -0.25) is 14.4 Å². The Morgan fingerprint density at radius 2 is 1.78 bits per heavy atom. The van der Waals surface area contributed by atoms with Crippen molar-refractivity contribution < 1.29 is 32.3 Å². The van der Waals surface area contributed by atoms with Gasteiger partial charge >= 0.3 is 0 Å². The number of nitrogens with zero attached hydrogens (tertiary/aromatic N) is 2. The van der Waals surface area contributed by atoms with E-state index in [1.807, 2.05) is 0 Å². The number of aromatic hydroxyl groups is 1. The molecule has 1 aromatic heterocycles. The molecule has 5 rings (SSSR count). The number of nitrogens with one attached hydrogen (secondary N) is 1. The van der Waals surface area contributed by atoms with Gasteiger partial charge in [0.1, 0.15) is 22.2 Å². The first-order valence-corrected chi connectivity index (χ1v) is 11.1. The lowest BCUT2D eigenvalue weighted by Crippen LogP contribution is -2.44. The van der Waals surface area contributed by atoms with Gasteiger partial charge in [0.2, 0.25) is 5.43 Å². The molecule has 2 bridgehead atoms. The molecule has 0 fully saturated rings. The van der Waals surface area contributed by atoms with E-state index in [1.54, 1.807) is 0 Å². The number of carbonyl (C=O) groups excluding carboxylic acids is 2. The van der Waals surface area contributed by atoms with Gasteiger partial charge < -0.3 is 19.9 Å². The van der Waals surface area contributed by atoms with Gasteiger partial charge in [-0.2, -0.15) is 0 Å². The molecule has 0 aliphatic carbocycles. The van der Waals surface area contributed by atoms with Crippen LogP contribution in [0.3, 0.4) is 0 Å². The SMILES string of the molecule is O=C(NCc1ccc(F)c(Cl)c1F)c1cn2c(c(O)c1=O)C(=O)N1Cc3cc(F)c(F)cc3CC2C1. The molecule has 1 atom stereocenters. The number of carbonyl (C=O) groups is 2. The van der Waals surface area contributed by atoms with Crippen LogP contribution in [0, 0.1) is 23.3 Å². The molecule has 12 heteroatoms. The van der Waals surface area contributed by atoms with Gasteiger partial charge in [0.15, 0.2) is 23.1 Å². The molecule has 2 N–H and O–H groups in total. The predicted octanol–water partition coefficient (Wildman–Crippen LogP) is 3.45. The van der Waals surface area contributed by atoms with Crippen molar-refractivity contribution in [1.29, 1.82) is 0 Å². The zero-order valence-electron chi connectivity index (χ0n) is 18.2. The number of hydrogen-bond acceptors (Lipinski definition) is 4. The number of halogens is 5. The van der Waals surface area contributed by atoms with Crippen molar-refractivity contribution in [3.8, 4) is 5.75 Å². The highest BCUT2D eigenvalue weighted by molar-refractivity contribution is 6.30. The molecular weight excluding hydrogens is 506 g/mol.